The van der Waals surface area contributed by atoms with Crippen molar-refractivity contribution in [2.24, 2.45) is 5.92 Å². The number of carbonyl (C=O) groups excluding carboxylic acids is 1. The van der Waals surface area contributed by atoms with Crippen LogP contribution in [0.15, 0.2) is 53.4 Å². The quantitative estimate of drug-likeness (QED) is 0.509. The van der Waals surface area contributed by atoms with Gasteiger partial charge in [0.15, 0.2) is 0 Å². The number of likely N-dealkylation sites (N-methyl/N-ethyl adjacent to an activating group) is 1. The van der Waals surface area contributed by atoms with E-state index in [4.69, 9.17) is 14.7 Å². The molecule has 0 unspecified atom stereocenters. The number of nitrogens with zero attached hydrogens (tertiary/aromatic N) is 1. The molecule has 1 atom stereocenters. The number of rotatable bonds is 7. The molecule has 2 N–H and O–H groups in total. The highest BCUT2D eigenvalue weighted by atomic mass is 32.2. The summed E-state index contributed by atoms with van der Waals surface area (Å²) in [6, 6.07) is 10.0. The van der Waals surface area contributed by atoms with Crippen LogP contribution < -0.4 is 10.2 Å². The first-order valence-electron chi connectivity index (χ1n) is 9.36. The van der Waals surface area contributed by atoms with Crippen molar-refractivity contribution in [3.8, 4) is 11.5 Å². The topological polar surface area (TPSA) is 105 Å². The van der Waals surface area contributed by atoms with Crippen LogP contribution in [-0.4, -0.2) is 50.1 Å². The summed E-state index contributed by atoms with van der Waals surface area (Å²) in [7, 11) is -2.71. The SMILES string of the molecule is CN([C@@H](C(=O)NO)C1CCOCC1)S(=O)(=O)c1ccc(Oc2ccc(F)cc2)cc1. The van der Waals surface area contributed by atoms with E-state index >= 15 is 0 Å². The van der Waals surface area contributed by atoms with Crippen LogP contribution in [0.4, 0.5) is 4.39 Å². The first-order chi connectivity index (χ1) is 14.3. The molecular weight excluding hydrogens is 415 g/mol. The van der Waals surface area contributed by atoms with Gasteiger partial charge in [0.2, 0.25) is 10.0 Å². The van der Waals surface area contributed by atoms with Crippen molar-refractivity contribution in [3.05, 3.63) is 54.3 Å². The Labute approximate surface area is 174 Å². The summed E-state index contributed by atoms with van der Waals surface area (Å²) in [5, 5.41) is 9.12. The van der Waals surface area contributed by atoms with Gasteiger partial charge in [0, 0.05) is 20.3 Å². The molecule has 8 nitrogen and oxygen atoms in total. The number of hydrogen-bond donors (Lipinski definition) is 2. The molecule has 162 valence electrons. The Morgan fingerprint density at radius 1 is 1.13 bits per heavy atom. The molecule has 0 radical (unpaired) electrons. The second-order valence-electron chi connectivity index (χ2n) is 6.92. The van der Waals surface area contributed by atoms with E-state index in [0.717, 1.165) is 4.31 Å². The van der Waals surface area contributed by atoms with Gasteiger partial charge in [0.1, 0.15) is 23.4 Å². The van der Waals surface area contributed by atoms with Gasteiger partial charge in [-0.05, 0) is 67.3 Å². The zero-order valence-electron chi connectivity index (χ0n) is 16.3. The zero-order valence-corrected chi connectivity index (χ0v) is 17.1. The van der Waals surface area contributed by atoms with Crippen LogP contribution in [0.2, 0.25) is 0 Å². The minimum Gasteiger partial charge on any atom is -0.457 e. The van der Waals surface area contributed by atoms with Crippen LogP contribution in [0.1, 0.15) is 12.8 Å². The molecule has 0 bridgehead atoms. The summed E-state index contributed by atoms with van der Waals surface area (Å²) in [6.07, 6.45) is 1.00. The van der Waals surface area contributed by atoms with Gasteiger partial charge < -0.3 is 9.47 Å². The highest BCUT2D eigenvalue weighted by molar-refractivity contribution is 7.89. The van der Waals surface area contributed by atoms with Crippen molar-refractivity contribution in [2.45, 2.75) is 23.8 Å². The van der Waals surface area contributed by atoms with Crippen LogP contribution in [0.5, 0.6) is 11.5 Å². The molecule has 2 aromatic carbocycles. The molecule has 0 aliphatic carbocycles. The minimum absolute atomic E-state index is 0.0285. The maximum absolute atomic E-state index is 13.1. The third kappa shape index (κ3) is 4.96. The molecule has 10 heteroatoms. The second-order valence-corrected chi connectivity index (χ2v) is 8.92. The number of hydrogen-bond acceptors (Lipinski definition) is 6. The van der Waals surface area contributed by atoms with Crippen molar-refractivity contribution < 1.29 is 32.3 Å². The largest absolute Gasteiger partial charge is 0.457 e. The molecule has 1 saturated heterocycles. The van der Waals surface area contributed by atoms with E-state index in [1.54, 1.807) is 5.48 Å². The van der Waals surface area contributed by atoms with E-state index in [1.165, 1.54) is 55.6 Å². The van der Waals surface area contributed by atoms with Crippen molar-refractivity contribution in [3.63, 3.8) is 0 Å². The fraction of sp³-hybridized carbons (Fsp3) is 0.350. The minimum atomic E-state index is -4.02. The highest BCUT2D eigenvalue weighted by Crippen LogP contribution is 2.28. The number of amides is 1. The molecule has 0 aromatic heterocycles. The monoisotopic (exact) mass is 438 g/mol. The van der Waals surface area contributed by atoms with Gasteiger partial charge in [0.05, 0.1) is 4.90 Å². The summed E-state index contributed by atoms with van der Waals surface area (Å²) in [6.45, 7) is 0.840. The van der Waals surface area contributed by atoms with Crippen molar-refractivity contribution in [1.82, 2.24) is 9.79 Å². The van der Waals surface area contributed by atoms with E-state index in [2.05, 4.69) is 0 Å². The van der Waals surface area contributed by atoms with Crippen LogP contribution in [-0.2, 0) is 19.6 Å². The number of sulfonamides is 1. The molecule has 1 fully saturated rings. The van der Waals surface area contributed by atoms with Gasteiger partial charge in [-0.3, -0.25) is 10.0 Å². The van der Waals surface area contributed by atoms with Gasteiger partial charge in [-0.15, -0.1) is 0 Å². The molecule has 0 spiro atoms. The average Bonchev–Trinajstić information content (AvgIpc) is 2.76. The smallest absolute Gasteiger partial charge is 0.262 e. The molecule has 1 aliphatic heterocycles. The number of hydroxylamine groups is 1. The van der Waals surface area contributed by atoms with Gasteiger partial charge in [-0.2, -0.15) is 4.31 Å². The maximum Gasteiger partial charge on any atom is 0.262 e. The van der Waals surface area contributed by atoms with Gasteiger partial charge in [0.25, 0.3) is 5.91 Å². The maximum atomic E-state index is 13.1. The van der Waals surface area contributed by atoms with Crippen LogP contribution in [0.3, 0.4) is 0 Å². The van der Waals surface area contributed by atoms with Crippen LogP contribution >= 0.6 is 0 Å². The Kier molecular flexibility index (Phi) is 7.03. The molecule has 30 heavy (non-hydrogen) atoms. The van der Waals surface area contributed by atoms with Crippen LogP contribution in [0.25, 0.3) is 0 Å². The van der Waals surface area contributed by atoms with Gasteiger partial charge in [-0.25, -0.2) is 18.3 Å². The second kappa shape index (κ2) is 9.52. The van der Waals surface area contributed by atoms with Crippen LogP contribution in [0, 0.1) is 11.7 Å². The Morgan fingerprint density at radius 3 is 2.20 bits per heavy atom. The summed E-state index contributed by atoms with van der Waals surface area (Å²) < 4.78 is 51.0. The fourth-order valence-corrected chi connectivity index (χ4v) is 4.79. The molecule has 1 amide bonds. The lowest BCUT2D eigenvalue weighted by molar-refractivity contribution is -0.135. The van der Waals surface area contributed by atoms with E-state index in [-0.39, 0.29) is 10.8 Å². The third-order valence-electron chi connectivity index (χ3n) is 5.03. The predicted molar refractivity (Wildman–Crippen MR) is 105 cm³/mol. The zero-order chi connectivity index (χ0) is 21.7. The molecular formula is C20H23FN2O6S. The highest BCUT2D eigenvalue weighted by Gasteiger charge is 2.39. The molecule has 2 aromatic rings. The van der Waals surface area contributed by atoms with Crippen molar-refractivity contribution in [1.29, 1.82) is 0 Å². The first-order valence-corrected chi connectivity index (χ1v) is 10.8. The van der Waals surface area contributed by atoms with E-state index < -0.39 is 27.8 Å². The summed E-state index contributed by atoms with van der Waals surface area (Å²) >= 11 is 0. The Balaban J connectivity index is 1.80. The Morgan fingerprint density at radius 2 is 1.67 bits per heavy atom. The molecule has 1 aliphatic rings. The van der Waals surface area contributed by atoms with Crippen molar-refractivity contribution >= 4 is 15.9 Å². The molecule has 0 saturated carbocycles. The lowest BCUT2D eigenvalue weighted by atomic mass is 9.91. The normalized spacial score (nSPS) is 16.3. The van der Waals surface area contributed by atoms with Crippen molar-refractivity contribution in [2.75, 3.05) is 20.3 Å². The number of benzene rings is 2. The average molecular weight is 438 g/mol. The lowest BCUT2D eigenvalue weighted by Gasteiger charge is -2.34. The first kappa shape index (κ1) is 22.2. The summed E-state index contributed by atoms with van der Waals surface area (Å²) in [4.78, 5) is 12.2. The standard InChI is InChI=1S/C20H23FN2O6S/c1-23(19(20(24)22-25)14-10-12-28-13-11-14)30(26,27)18-8-6-17(7-9-18)29-16-4-2-15(21)3-5-16/h2-9,14,19,25H,10-13H2,1H3,(H,22,24)/t19-/m1/s1. The third-order valence-corrected chi connectivity index (χ3v) is 6.89. The molecule has 3 rings (SSSR count). The number of nitrogens with one attached hydrogen (secondary N) is 1. The lowest BCUT2D eigenvalue weighted by Crippen LogP contribution is -2.52. The number of ether oxygens (including phenoxy) is 2. The molecule has 1 heterocycles. The Bertz CT molecular complexity index is 960. The van der Waals surface area contributed by atoms with E-state index in [0.29, 0.717) is 37.6 Å². The Hall–Kier alpha value is -2.53. The number of carbonyl (C=O) groups is 1. The summed E-state index contributed by atoms with van der Waals surface area (Å²) in [5.41, 5.74) is 1.57. The van der Waals surface area contributed by atoms with Gasteiger partial charge >= 0.3 is 0 Å². The van der Waals surface area contributed by atoms with Gasteiger partial charge in [-0.1, -0.05) is 0 Å². The predicted octanol–water partition coefficient (Wildman–Crippen LogP) is 2.54. The fourth-order valence-electron chi connectivity index (χ4n) is 3.41. The summed E-state index contributed by atoms with van der Waals surface area (Å²) in [5.74, 6) is -0.686. The van der Waals surface area contributed by atoms with E-state index in [1.807, 2.05) is 0 Å². The van der Waals surface area contributed by atoms with E-state index in [9.17, 15) is 17.6 Å². The number of halogens is 1.